The van der Waals surface area contributed by atoms with Crippen LogP contribution in [0.4, 0.5) is 5.69 Å². The maximum atomic E-state index is 13.4. The quantitative estimate of drug-likeness (QED) is 0.305. The van der Waals surface area contributed by atoms with Crippen LogP contribution in [0, 0.1) is 6.92 Å². The van der Waals surface area contributed by atoms with Crippen molar-refractivity contribution in [2.45, 2.75) is 39.2 Å². The summed E-state index contributed by atoms with van der Waals surface area (Å²) in [5.74, 6) is -0.524. The second-order valence-corrected chi connectivity index (χ2v) is 9.90. The van der Waals surface area contributed by atoms with Crippen LogP contribution in [0.2, 0.25) is 0 Å². The zero-order chi connectivity index (χ0) is 24.9. The van der Waals surface area contributed by atoms with E-state index in [-0.39, 0.29) is 23.5 Å². The highest BCUT2D eigenvalue weighted by Crippen LogP contribution is 2.45. The number of fused-ring (bicyclic) bond motifs is 1. The van der Waals surface area contributed by atoms with Crippen molar-refractivity contribution in [1.82, 2.24) is 0 Å². The maximum absolute atomic E-state index is 13.4. The average Bonchev–Trinajstić information content (AvgIpc) is 3.40. The van der Waals surface area contributed by atoms with E-state index >= 15 is 0 Å². The standard InChI is InChI=1S/C29H27NO5/c1-17-10-11-19(29(2,3)4)14-21(17)26(31)24-25(18-8-6-5-7-9-18)30(28(33)27(24)32)20-12-13-22-23(15-20)35-16-34-22/h5-15,25,31H,16H2,1-4H3/b26-24+. The normalized spacial score (nSPS) is 18.9. The van der Waals surface area contributed by atoms with Crippen molar-refractivity contribution in [3.05, 3.63) is 94.6 Å². The van der Waals surface area contributed by atoms with Gasteiger partial charge in [0, 0.05) is 17.3 Å². The summed E-state index contributed by atoms with van der Waals surface area (Å²) in [6.07, 6.45) is 0. The molecular weight excluding hydrogens is 442 g/mol. The zero-order valence-corrected chi connectivity index (χ0v) is 20.2. The van der Waals surface area contributed by atoms with Crippen LogP contribution >= 0.6 is 0 Å². The van der Waals surface area contributed by atoms with Crippen molar-refractivity contribution in [3.63, 3.8) is 0 Å². The minimum atomic E-state index is -0.797. The number of ether oxygens (including phenoxy) is 2. The second kappa shape index (κ2) is 8.31. The van der Waals surface area contributed by atoms with Gasteiger partial charge in [0.05, 0.1) is 11.6 Å². The highest BCUT2D eigenvalue weighted by atomic mass is 16.7. The molecule has 0 aromatic heterocycles. The molecular formula is C29H27NO5. The molecule has 6 heteroatoms. The van der Waals surface area contributed by atoms with Crippen molar-refractivity contribution >= 4 is 23.1 Å². The fourth-order valence-electron chi connectivity index (χ4n) is 4.57. The van der Waals surface area contributed by atoms with Gasteiger partial charge in [0.25, 0.3) is 11.7 Å². The number of hydrogen-bond donors (Lipinski definition) is 1. The average molecular weight is 470 g/mol. The Morgan fingerprint density at radius 3 is 2.37 bits per heavy atom. The Morgan fingerprint density at radius 1 is 0.943 bits per heavy atom. The third kappa shape index (κ3) is 3.85. The zero-order valence-electron chi connectivity index (χ0n) is 20.2. The summed E-state index contributed by atoms with van der Waals surface area (Å²) in [6, 6.07) is 19.5. The lowest BCUT2D eigenvalue weighted by molar-refractivity contribution is -0.132. The topological polar surface area (TPSA) is 76.1 Å². The molecule has 1 fully saturated rings. The van der Waals surface area contributed by atoms with Crippen molar-refractivity contribution in [2.24, 2.45) is 0 Å². The van der Waals surface area contributed by atoms with E-state index in [1.165, 1.54) is 4.90 Å². The van der Waals surface area contributed by atoms with Crippen LogP contribution in [-0.2, 0) is 15.0 Å². The number of nitrogens with zero attached hydrogens (tertiary/aromatic N) is 1. The van der Waals surface area contributed by atoms with Gasteiger partial charge in [-0.3, -0.25) is 14.5 Å². The number of rotatable bonds is 3. The first-order valence-corrected chi connectivity index (χ1v) is 11.5. The first-order valence-electron chi connectivity index (χ1n) is 11.5. The molecule has 3 aromatic rings. The number of ketones is 1. The third-order valence-electron chi connectivity index (χ3n) is 6.55. The van der Waals surface area contributed by atoms with Gasteiger partial charge in [0.15, 0.2) is 11.5 Å². The van der Waals surface area contributed by atoms with E-state index in [2.05, 4.69) is 20.8 Å². The number of benzene rings is 3. The molecule has 2 aliphatic rings. The van der Waals surface area contributed by atoms with Crippen molar-refractivity contribution in [1.29, 1.82) is 0 Å². The van der Waals surface area contributed by atoms with Crippen LogP contribution < -0.4 is 14.4 Å². The van der Waals surface area contributed by atoms with Gasteiger partial charge in [-0.2, -0.15) is 0 Å². The molecule has 6 nitrogen and oxygen atoms in total. The van der Waals surface area contributed by atoms with Crippen LogP contribution in [-0.4, -0.2) is 23.6 Å². The van der Waals surface area contributed by atoms with Gasteiger partial charge in [-0.1, -0.05) is 63.2 Å². The van der Waals surface area contributed by atoms with E-state index in [1.807, 2.05) is 55.5 Å². The van der Waals surface area contributed by atoms with Gasteiger partial charge in [0.1, 0.15) is 5.76 Å². The Bertz CT molecular complexity index is 1370. The van der Waals surface area contributed by atoms with Crippen molar-refractivity contribution < 1.29 is 24.2 Å². The SMILES string of the molecule is Cc1ccc(C(C)(C)C)cc1/C(O)=C1\C(=O)C(=O)N(c2ccc3c(c2)OCO3)C1c1ccccc1. The molecule has 2 aliphatic heterocycles. The molecule has 1 atom stereocenters. The van der Waals surface area contributed by atoms with Crippen LogP contribution in [0.25, 0.3) is 5.76 Å². The molecule has 0 aliphatic carbocycles. The van der Waals surface area contributed by atoms with E-state index in [0.717, 1.165) is 16.7 Å². The number of carbonyl (C=O) groups excluding carboxylic acids is 2. The Balaban J connectivity index is 1.72. The van der Waals surface area contributed by atoms with Crippen LogP contribution in [0.1, 0.15) is 49.1 Å². The number of aliphatic hydroxyl groups is 1. The molecule has 1 amide bonds. The third-order valence-corrected chi connectivity index (χ3v) is 6.55. The first-order chi connectivity index (χ1) is 16.7. The molecule has 0 saturated carbocycles. The number of hydrogen-bond acceptors (Lipinski definition) is 5. The highest BCUT2D eigenvalue weighted by Gasteiger charge is 2.47. The van der Waals surface area contributed by atoms with E-state index in [1.54, 1.807) is 18.2 Å². The Kier molecular flexibility index (Phi) is 5.39. The Hall–Kier alpha value is -4.06. The minimum Gasteiger partial charge on any atom is -0.507 e. The molecule has 35 heavy (non-hydrogen) atoms. The molecule has 0 bridgehead atoms. The smallest absolute Gasteiger partial charge is 0.300 e. The Labute approximate surface area is 204 Å². The van der Waals surface area contributed by atoms with E-state index in [0.29, 0.717) is 22.7 Å². The number of anilines is 1. The summed E-state index contributed by atoms with van der Waals surface area (Å²) in [5, 5.41) is 11.6. The number of carbonyl (C=O) groups is 2. The summed E-state index contributed by atoms with van der Waals surface area (Å²) < 4.78 is 10.9. The molecule has 1 unspecified atom stereocenters. The minimum absolute atomic E-state index is 0.0630. The lowest BCUT2D eigenvalue weighted by Gasteiger charge is -2.26. The fourth-order valence-corrected chi connectivity index (χ4v) is 4.57. The molecule has 178 valence electrons. The van der Waals surface area contributed by atoms with Gasteiger partial charge in [-0.15, -0.1) is 0 Å². The van der Waals surface area contributed by atoms with Gasteiger partial charge in [-0.25, -0.2) is 0 Å². The van der Waals surface area contributed by atoms with E-state index in [4.69, 9.17) is 9.47 Å². The maximum Gasteiger partial charge on any atom is 0.300 e. The molecule has 0 radical (unpaired) electrons. The first kappa shape index (κ1) is 22.7. The summed E-state index contributed by atoms with van der Waals surface area (Å²) in [6.45, 7) is 8.24. The summed E-state index contributed by atoms with van der Waals surface area (Å²) in [4.78, 5) is 28.3. The van der Waals surface area contributed by atoms with Gasteiger partial charge in [0.2, 0.25) is 6.79 Å². The van der Waals surface area contributed by atoms with Crippen molar-refractivity contribution in [3.8, 4) is 11.5 Å². The highest BCUT2D eigenvalue weighted by molar-refractivity contribution is 6.51. The Morgan fingerprint density at radius 2 is 1.66 bits per heavy atom. The predicted molar refractivity (Wildman–Crippen MR) is 134 cm³/mol. The summed E-state index contributed by atoms with van der Waals surface area (Å²) in [7, 11) is 0. The second-order valence-electron chi connectivity index (χ2n) is 9.90. The van der Waals surface area contributed by atoms with E-state index < -0.39 is 17.7 Å². The van der Waals surface area contributed by atoms with Crippen LogP contribution in [0.3, 0.4) is 0 Å². The largest absolute Gasteiger partial charge is 0.507 e. The van der Waals surface area contributed by atoms with Crippen molar-refractivity contribution in [2.75, 3.05) is 11.7 Å². The number of aryl methyl sites for hydroxylation is 1. The fraction of sp³-hybridized carbons (Fsp3) is 0.241. The summed E-state index contributed by atoms with van der Waals surface area (Å²) >= 11 is 0. The molecule has 2 heterocycles. The molecule has 1 saturated heterocycles. The van der Waals surface area contributed by atoms with Gasteiger partial charge in [-0.05, 0) is 47.2 Å². The number of aliphatic hydroxyl groups excluding tert-OH is 1. The van der Waals surface area contributed by atoms with Crippen LogP contribution in [0.15, 0.2) is 72.3 Å². The van der Waals surface area contributed by atoms with Crippen LogP contribution in [0.5, 0.6) is 11.5 Å². The number of amides is 1. The lowest BCUT2D eigenvalue weighted by Crippen LogP contribution is -2.29. The van der Waals surface area contributed by atoms with Gasteiger partial charge >= 0.3 is 0 Å². The monoisotopic (exact) mass is 469 g/mol. The predicted octanol–water partition coefficient (Wildman–Crippen LogP) is 5.65. The molecule has 3 aromatic carbocycles. The number of Topliss-reactive ketones (excluding diaryl/α,β-unsaturated/α-hetero) is 1. The molecule has 1 N–H and O–H groups in total. The lowest BCUT2D eigenvalue weighted by atomic mass is 9.84. The van der Waals surface area contributed by atoms with Gasteiger partial charge < -0.3 is 14.6 Å². The molecule has 0 spiro atoms. The van der Waals surface area contributed by atoms with E-state index in [9.17, 15) is 14.7 Å². The summed E-state index contributed by atoms with van der Waals surface area (Å²) in [5.41, 5.74) is 3.50. The molecule has 5 rings (SSSR count).